The van der Waals surface area contributed by atoms with E-state index in [0.717, 1.165) is 6.07 Å². The molecule has 0 bridgehead atoms. The number of nitrogens with zero attached hydrogens (tertiary/aromatic N) is 1. The number of nitrogens with one attached hydrogen (secondary N) is 1. The van der Waals surface area contributed by atoms with Crippen molar-refractivity contribution in [2.24, 2.45) is 0 Å². The lowest BCUT2D eigenvalue weighted by Crippen LogP contribution is -2.03. The van der Waals surface area contributed by atoms with E-state index in [1.54, 1.807) is 0 Å². The van der Waals surface area contributed by atoms with Crippen molar-refractivity contribution >= 4 is 11.4 Å². The molecule has 0 spiro atoms. The molecule has 88 valence electrons. The first-order valence-corrected chi connectivity index (χ1v) is 4.53. The maximum atomic E-state index is 10.7. The largest absolute Gasteiger partial charge is 0.504 e. The van der Waals surface area contributed by atoms with E-state index in [1.807, 2.05) is 0 Å². The van der Waals surface area contributed by atoms with Gasteiger partial charge in [0.1, 0.15) is 12.3 Å². The number of nitro groups is 1. The molecule has 3 N–H and O–H groups in total. The van der Waals surface area contributed by atoms with Gasteiger partial charge in [0.15, 0.2) is 11.5 Å². The molecule has 0 unspecified atom stereocenters. The zero-order valence-electron chi connectivity index (χ0n) is 8.64. The van der Waals surface area contributed by atoms with Gasteiger partial charge in [-0.05, 0) is 0 Å². The summed E-state index contributed by atoms with van der Waals surface area (Å²) in [5, 5.41) is 31.3. The van der Waals surface area contributed by atoms with Gasteiger partial charge in [0.25, 0.3) is 5.69 Å². The lowest BCUT2D eigenvalue weighted by molar-refractivity contribution is -0.384. The van der Waals surface area contributed by atoms with Crippen molar-refractivity contribution < 1.29 is 19.9 Å². The van der Waals surface area contributed by atoms with Crippen molar-refractivity contribution in [3.05, 3.63) is 22.2 Å². The zero-order valence-corrected chi connectivity index (χ0v) is 8.64. The summed E-state index contributed by atoms with van der Waals surface area (Å²) in [4.78, 5) is 10.1. The normalized spacial score (nSPS) is 9.88. The van der Waals surface area contributed by atoms with Crippen molar-refractivity contribution in [1.29, 1.82) is 0 Å². The fourth-order valence-corrected chi connectivity index (χ4v) is 1.18. The van der Waals surface area contributed by atoms with Crippen LogP contribution in [0.5, 0.6) is 11.5 Å². The first-order chi connectivity index (χ1) is 7.60. The maximum absolute atomic E-state index is 10.7. The Balaban J connectivity index is 3.11. The third-order valence-electron chi connectivity index (χ3n) is 1.89. The van der Waals surface area contributed by atoms with Gasteiger partial charge in [0, 0.05) is 13.1 Å². The molecule has 0 heterocycles. The second-order valence-corrected chi connectivity index (χ2v) is 2.92. The van der Waals surface area contributed by atoms with Crippen LogP contribution in [0.3, 0.4) is 0 Å². The molecule has 0 amide bonds. The Hall–Kier alpha value is -2.02. The number of phenols is 1. The van der Waals surface area contributed by atoms with Crippen LogP contribution < -0.4 is 10.1 Å². The average Bonchev–Trinajstić information content (AvgIpc) is 2.26. The summed E-state index contributed by atoms with van der Waals surface area (Å²) < 4.78 is 4.94. The minimum Gasteiger partial charge on any atom is -0.504 e. The molecular weight excluding hydrogens is 216 g/mol. The minimum atomic E-state index is -0.586. The highest BCUT2D eigenvalue weighted by molar-refractivity contribution is 5.67. The predicted molar refractivity (Wildman–Crippen MR) is 56.9 cm³/mol. The van der Waals surface area contributed by atoms with Gasteiger partial charge in [-0.3, -0.25) is 10.1 Å². The monoisotopic (exact) mass is 228 g/mol. The lowest BCUT2D eigenvalue weighted by Gasteiger charge is -2.09. The highest BCUT2D eigenvalue weighted by atomic mass is 16.6. The third kappa shape index (κ3) is 2.51. The number of phenolic OH excluding ortho intramolecular Hbond substituents is 1. The molecule has 0 aliphatic carbocycles. The third-order valence-corrected chi connectivity index (χ3v) is 1.89. The number of rotatable bonds is 5. The van der Waals surface area contributed by atoms with Crippen LogP contribution in [0.25, 0.3) is 0 Å². The van der Waals surface area contributed by atoms with Crippen LogP contribution in [0.15, 0.2) is 12.1 Å². The van der Waals surface area contributed by atoms with Crippen molar-refractivity contribution in [3.63, 3.8) is 0 Å². The number of benzene rings is 1. The van der Waals surface area contributed by atoms with Gasteiger partial charge in [-0.25, -0.2) is 0 Å². The molecule has 0 fully saturated rings. The minimum absolute atomic E-state index is 0.0280. The Labute approximate surface area is 91.4 Å². The van der Waals surface area contributed by atoms with Crippen LogP contribution in [0.1, 0.15) is 0 Å². The maximum Gasteiger partial charge on any atom is 0.296 e. The van der Waals surface area contributed by atoms with Gasteiger partial charge in [-0.1, -0.05) is 0 Å². The van der Waals surface area contributed by atoms with E-state index in [4.69, 9.17) is 9.84 Å². The number of hydrogen-bond donors (Lipinski definition) is 3. The second-order valence-electron chi connectivity index (χ2n) is 2.92. The van der Waals surface area contributed by atoms with Crippen molar-refractivity contribution in [2.75, 3.05) is 25.6 Å². The molecular formula is C9H12N2O5. The Morgan fingerprint density at radius 3 is 2.75 bits per heavy atom. The van der Waals surface area contributed by atoms with E-state index in [0.29, 0.717) is 0 Å². The Kier molecular flexibility index (Phi) is 3.90. The molecule has 1 aromatic carbocycles. The Morgan fingerprint density at radius 2 is 2.25 bits per heavy atom. The van der Waals surface area contributed by atoms with E-state index in [2.05, 4.69) is 5.32 Å². The first kappa shape index (κ1) is 12.1. The summed E-state index contributed by atoms with van der Waals surface area (Å²) in [6.45, 7) is -0.273. The lowest BCUT2D eigenvalue weighted by atomic mass is 10.2. The number of aromatic hydroxyl groups is 1. The van der Waals surface area contributed by atoms with E-state index in [9.17, 15) is 15.2 Å². The first-order valence-electron chi connectivity index (χ1n) is 4.53. The SMILES string of the molecule is CNc1cc(O)c(OCCO)cc1[N+](=O)[O-]. The number of hydrogen-bond acceptors (Lipinski definition) is 6. The van der Waals surface area contributed by atoms with Crippen LogP contribution in [-0.4, -0.2) is 35.4 Å². The number of aliphatic hydroxyl groups is 1. The van der Waals surface area contributed by atoms with Gasteiger partial charge in [-0.2, -0.15) is 0 Å². The summed E-state index contributed by atoms with van der Waals surface area (Å²) >= 11 is 0. The Bertz CT molecular complexity index is 394. The highest BCUT2D eigenvalue weighted by Gasteiger charge is 2.17. The molecule has 7 nitrogen and oxygen atoms in total. The predicted octanol–water partition coefficient (Wildman–Crippen LogP) is 0.713. The molecule has 0 aromatic heterocycles. The summed E-state index contributed by atoms with van der Waals surface area (Å²) in [5.74, 6) is -0.247. The molecule has 0 radical (unpaired) electrons. The van der Waals surface area contributed by atoms with Crippen LogP contribution in [0.4, 0.5) is 11.4 Å². The number of ether oxygens (including phenoxy) is 1. The fraction of sp³-hybridized carbons (Fsp3) is 0.333. The summed E-state index contributed by atoms with van der Waals surface area (Å²) in [7, 11) is 1.51. The van der Waals surface area contributed by atoms with Crippen molar-refractivity contribution in [1.82, 2.24) is 0 Å². The van der Waals surface area contributed by atoms with Gasteiger partial charge in [0.2, 0.25) is 0 Å². The van der Waals surface area contributed by atoms with E-state index in [-0.39, 0.29) is 36.1 Å². The standard InChI is InChI=1S/C9H12N2O5/c1-10-6-4-8(13)9(16-3-2-12)5-7(6)11(14)15/h4-5,10,12-13H,2-3H2,1H3. The molecule has 0 aliphatic rings. The molecule has 1 aromatic rings. The summed E-state index contributed by atoms with van der Waals surface area (Å²) in [6.07, 6.45) is 0. The van der Waals surface area contributed by atoms with Crippen molar-refractivity contribution in [3.8, 4) is 11.5 Å². The molecule has 16 heavy (non-hydrogen) atoms. The van der Waals surface area contributed by atoms with Crippen LogP contribution in [0.2, 0.25) is 0 Å². The second kappa shape index (κ2) is 5.17. The van der Waals surface area contributed by atoms with Crippen LogP contribution in [-0.2, 0) is 0 Å². The average molecular weight is 228 g/mol. The molecule has 0 atom stereocenters. The number of anilines is 1. The molecule has 0 saturated heterocycles. The van der Waals surface area contributed by atoms with Gasteiger partial charge in [0.05, 0.1) is 17.6 Å². The van der Waals surface area contributed by atoms with E-state index in [1.165, 1.54) is 13.1 Å². The van der Waals surface area contributed by atoms with Crippen molar-refractivity contribution in [2.45, 2.75) is 0 Å². The van der Waals surface area contributed by atoms with Crippen LogP contribution >= 0.6 is 0 Å². The molecule has 7 heteroatoms. The van der Waals surface area contributed by atoms with Crippen LogP contribution in [0, 0.1) is 10.1 Å². The Morgan fingerprint density at radius 1 is 1.56 bits per heavy atom. The summed E-state index contributed by atoms with van der Waals surface area (Å²) in [5.41, 5.74) is -0.00733. The van der Waals surface area contributed by atoms with E-state index < -0.39 is 4.92 Å². The summed E-state index contributed by atoms with van der Waals surface area (Å²) in [6, 6.07) is 2.31. The quantitative estimate of drug-likeness (QED) is 0.506. The van der Waals surface area contributed by atoms with Gasteiger partial charge in [-0.15, -0.1) is 0 Å². The topological polar surface area (TPSA) is 105 Å². The fourth-order valence-electron chi connectivity index (χ4n) is 1.18. The highest BCUT2D eigenvalue weighted by Crippen LogP contribution is 2.36. The molecule has 0 saturated carbocycles. The van der Waals surface area contributed by atoms with Gasteiger partial charge >= 0.3 is 0 Å². The smallest absolute Gasteiger partial charge is 0.296 e. The van der Waals surface area contributed by atoms with Gasteiger partial charge < -0.3 is 20.3 Å². The zero-order chi connectivity index (χ0) is 12.1. The van der Waals surface area contributed by atoms with E-state index >= 15 is 0 Å². The number of aliphatic hydroxyl groups excluding tert-OH is 1. The number of nitro benzene ring substituents is 1. The molecule has 0 aliphatic heterocycles. The molecule has 1 rings (SSSR count).